The molecule has 0 radical (unpaired) electrons. The molecule has 16 heavy (non-hydrogen) atoms. The van der Waals surface area contributed by atoms with Gasteiger partial charge in [0.2, 0.25) is 0 Å². The van der Waals surface area contributed by atoms with E-state index in [1.54, 1.807) is 0 Å². The minimum Gasteiger partial charge on any atom is -0.313 e. The van der Waals surface area contributed by atoms with Gasteiger partial charge in [0.15, 0.2) is 0 Å². The van der Waals surface area contributed by atoms with Crippen molar-refractivity contribution in [2.45, 2.75) is 64.7 Å². The SMILES string of the molecule is CCCNC1CCC(C)(C)CC1S(=O)CC. The lowest BCUT2D eigenvalue weighted by atomic mass is 9.75. The summed E-state index contributed by atoms with van der Waals surface area (Å²) in [5.74, 6) is 0.797. The zero-order valence-corrected chi connectivity index (χ0v) is 12.0. The van der Waals surface area contributed by atoms with Crippen LogP contribution in [-0.2, 0) is 10.8 Å². The molecule has 0 heterocycles. The molecule has 1 rings (SSSR count). The molecule has 1 saturated carbocycles. The van der Waals surface area contributed by atoms with Gasteiger partial charge in [-0.3, -0.25) is 4.21 Å². The van der Waals surface area contributed by atoms with Gasteiger partial charge < -0.3 is 5.32 Å². The summed E-state index contributed by atoms with van der Waals surface area (Å²) in [5, 5.41) is 3.94. The number of hydrogen-bond acceptors (Lipinski definition) is 2. The van der Waals surface area contributed by atoms with Crippen molar-refractivity contribution in [1.29, 1.82) is 0 Å². The molecule has 2 nitrogen and oxygen atoms in total. The minimum absolute atomic E-state index is 0.361. The number of rotatable bonds is 5. The van der Waals surface area contributed by atoms with Crippen molar-refractivity contribution in [3.63, 3.8) is 0 Å². The molecule has 96 valence electrons. The van der Waals surface area contributed by atoms with Gasteiger partial charge in [0.1, 0.15) is 0 Å². The molecule has 0 saturated heterocycles. The first-order chi connectivity index (χ1) is 7.50. The van der Waals surface area contributed by atoms with Crippen LogP contribution in [0.4, 0.5) is 0 Å². The van der Waals surface area contributed by atoms with E-state index in [2.05, 4.69) is 26.1 Å². The van der Waals surface area contributed by atoms with Crippen molar-refractivity contribution >= 4 is 10.8 Å². The number of nitrogens with one attached hydrogen (secondary N) is 1. The van der Waals surface area contributed by atoms with Crippen LogP contribution >= 0.6 is 0 Å². The van der Waals surface area contributed by atoms with Gasteiger partial charge in [-0.2, -0.15) is 0 Å². The highest BCUT2D eigenvalue weighted by Gasteiger charge is 2.37. The lowest BCUT2D eigenvalue weighted by Crippen LogP contribution is -2.48. The molecule has 0 amide bonds. The van der Waals surface area contributed by atoms with Crippen LogP contribution in [0.25, 0.3) is 0 Å². The van der Waals surface area contributed by atoms with E-state index >= 15 is 0 Å². The lowest BCUT2D eigenvalue weighted by molar-refractivity contribution is 0.212. The first kappa shape index (κ1) is 14.2. The maximum Gasteiger partial charge on any atom is 0.0506 e. The van der Waals surface area contributed by atoms with Crippen LogP contribution in [-0.4, -0.2) is 27.8 Å². The molecule has 1 fully saturated rings. The fraction of sp³-hybridized carbons (Fsp3) is 1.00. The molecule has 0 bridgehead atoms. The highest BCUT2D eigenvalue weighted by atomic mass is 32.2. The van der Waals surface area contributed by atoms with Gasteiger partial charge in [-0.05, 0) is 37.6 Å². The summed E-state index contributed by atoms with van der Waals surface area (Å²) >= 11 is 0. The molecule has 1 aliphatic carbocycles. The van der Waals surface area contributed by atoms with Gasteiger partial charge in [0, 0.05) is 22.6 Å². The van der Waals surface area contributed by atoms with E-state index in [-0.39, 0.29) is 0 Å². The molecule has 0 spiro atoms. The first-order valence-electron chi connectivity index (χ1n) is 6.60. The molecular formula is C13H27NOS. The highest BCUT2D eigenvalue weighted by Crippen LogP contribution is 2.37. The Morgan fingerprint density at radius 3 is 2.62 bits per heavy atom. The van der Waals surface area contributed by atoms with E-state index in [0.29, 0.717) is 16.7 Å². The molecule has 1 N–H and O–H groups in total. The van der Waals surface area contributed by atoms with Crippen LogP contribution in [0.1, 0.15) is 53.4 Å². The summed E-state index contributed by atoms with van der Waals surface area (Å²) in [4.78, 5) is 0. The Kier molecular flexibility index (Phi) is 5.45. The number of hydrogen-bond donors (Lipinski definition) is 1. The maximum absolute atomic E-state index is 12.1. The molecular weight excluding hydrogens is 218 g/mol. The normalized spacial score (nSPS) is 31.2. The van der Waals surface area contributed by atoms with Crippen molar-refractivity contribution in [2.75, 3.05) is 12.3 Å². The predicted molar refractivity (Wildman–Crippen MR) is 72.2 cm³/mol. The largest absolute Gasteiger partial charge is 0.313 e. The van der Waals surface area contributed by atoms with Gasteiger partial charge in [0.25, 0.3) is 0 Å². The van der Waals surface area contributed by atoms with Crippen LogP contribution in [0.3, 0.4) is 0 Å². The van der Waals surface area contributed by atoms with E-state index in [9.17, 15) is 4.21 Å². The Morgan fingerprint density at radius 1 is 1.38 bits per heavy atom. The quantitative estimate of drug-likeness (QED) is 0.807. The molecule has 3 heteroatoms. The Labute approximate surface area is 103 Å². The molecule has 3 atom stereocenters. The second-order valence-electron chi connectivity index (χ2n) is 5.68. The molecule has 0 aliphatic heterocycles. The second-order valence-corrected chi connectivity index (χ2v) is 7.62. The summed E-state index contributed by atoms with van der Waals surface area (Å²) in [6.07, 6.45) is 4.70. The van der Waals surface area contributed by atoms with Crippen LogP contribution in [0.2, 0.25) is 0 Å². The molecule has 0 aromatic heterocycles. The van der Waals surface area contributed by atoms with Gasteiger partial charge in [-0.15, -0.1) is 0 Å². The Balaban J connectivity index is 2.64. The van der Waals surface area contributed by atoms with Crippen molar-refractivity contribution in [1.82, 2.24) is 5.32 Å². The summed E-state index contributed by atoms with van der Waals surface area (Å²) in [5.41, 5.74) is 0.375. The predicted octanol–water partition coefficient (Wildman–Crippen LogP) is 2.70. The summed E-state index contributed by atoms with van der Waals surface area (Å²) in [6, 6.07) is 0.480. The van der Waals surface area contributed by atoms with Crippen LogP contribution in [0.5, 0.6) is 0 Å². The van der Waals surface area contributed by atoms with E-state index in [0.717, 1.165) is 25.1 Å². The smallest absolute Gasteiger partial charge is 0.0506 e. The van der Waals surface area contributed by atoms with Gasteiger partial charge in [-0.1, -0.05) is 27.7 Å². The van der Waals surface area contributed by atoms with Crippen LogP contribution in [0.15, 0.2) is 0 Å². The second kappa shape index (κ2) is 6.15. The first-order valence-corrected chi connectivity index (χ1v) is 7.99. The maximum atomic E-state index is 12.1. The molecule has 0 aromatic carbocycles. The van der Waals surface area contributed by atoms with E-state index in [1.165, 1.54) is 12.8 Å². The van der Waals surface area contributed by atoms with E-state index < -0.39 is 10.8 Å². The van der Waals surface area contributed by atoms with Crippen molar-refractivity contribution < 1.29 is 4.21 Å². The molecule has 1 aliphatic rings. The third-order valence-corrected chi connectivity index (χ3v) is 5.35. The zero-order chi connectivity index (χ0) is 12.2. The fourth-order valence-electron chi connectivity index (χ4n) is 2.57. The molecule has 0 aromatic rings. The summed E-state index contributed by atoms with van der Waals surface area (Å²) in [6.45, 7) is 9.90. The fourth-order valence-corrected chi connectivity index (χ4v) is 4.24. The van der Waals surface area contributed by atoms with E-state index in [1.807, 2.05) is 6.92 Å². The average molecular weight is 245 g/mol. The van der Waals surface area contributed by atoms with E-state index in [4.69, 9.17) is 0 Å². The highest BCUT2D eigenvalue weighted by molar-refractivity contribution is 7.85. The standard InChI is InChI=1S/C13H27NOS/c1-5-9-14-11-7-8-13(3,4)10-12(11)16(15)6-2/h11-12,14H,5-10H2,1-4H3. The minimum atomic E-state index is -0.656. The monoisotopic (exact) mass is 245 g/mol. The van der Waals surface area contributed by atoms with Gasteiger partial charge in [-0.25, -0.2) is 0 Å². The Bertz CT molecular complexity index is 240. The molecule has 3 unspecified atom stereocenters. The zero-order valence-electron chi connectivity index (χ0n) is 11.2. The Hall–Kier alpha value is 0.110. The van der Waals surface area contributed by atoms with Crippen molar-refractivity contribution in [3.8, 4) is 0 Å². The summed E-state index contributed by atoms with van der Waals surface area (Å²) in [7, 11) is -0.656. The third kappa shape index (κ3) is 3.85. The van der Waals surface area contributed by atoms with Crippen LogP contribution in [0, 0.1) is 5.41 Å². The lowest BCUT2D eigenvalue weighted by Gasteiger charge is -2.40. The Morgan fingerprint density at radius 2 is 2.06 bits per heavy atom. The average Bonchev–Trinajstić information content (AvgIpc) is 2.25. The summed E-state index contributed by atoms with van der Waals surface area (Å²) < 4.78 is 12.1. The van der Waals surface area contributed by atoms with Crippen LogP contribution < -0.4 is 5.32 Å². The van der Waals surface area contributed by atoms with Crippen molar-refractivity contribution in [2.24, 2.45) is 5.41 Å². The van der Waals surface area contributed by atoms with Crippen molar-refractivity contribution in [3.05, 3.63) is 0 Å². The van der Waals surface area contributed by atoms with Gasteiger partial charge >= 0.3 is 0 Å². The topological polar surface area (TPSA) is 29.1 Å². The third-order valence-electron chi connectivity index (χ3n) is 3.61. The van der Waals surface area contributed by atoms with Gasteiger partial charge in [0.05, 0.1) is 5.25 Å².